The Kier molecular flexibility index (Phi) is 6.05. The summed E-state index contributed by atoms with van der Waals surface area (Å²) in [6.45, 7) is 9.49. The monoisotopic (exact) mass is 429 g/mol. The maximum absolute atomic E-state index is 12.7. The van der Waals surface area contributed by atoms with Crippen LogP contribution in [0.4, 0.5) is 4.79 Å². The highest BCUT2D eigenvalue weighted by Gasteiger charge is 2.37. The van der Waals surface area contributed by atoms with Crippen molar-refractivity contribution in [3.63, 3.8) is 0 Å². The van der Waals surface area contributed by atoms with Gasteiger partial charge < -0.3 is 19.3 Å². The third kappa shape index (κ3) is 4.60. The van der Waals surface area contributed by atoms with Crippen molar-refractivity contribution < 1.29 is 28.9 Å². The van der Waals surface area contributed by atoms with Crippen LogP contribution in [0.5, 0.6) is 11.5 Å². The highest BCUT2D eigenvalue weighted by atomic mass is 79.9. The van der Waals surface area contributed by atoms with Gasteiger partial charge in [-0.25, -0.2) is 9.59 Å². The Labute approximate surface area is 161 Å². The molecular weight excluding hydrogens is 406 g/mol. The fraction of sp³-hybridized carbons (Fsp3) is 0.556. The van der Waals surface area contributed by atoms with Gasteiger partial charge in [-0.15, -0.1) is 0 Å². The first kappa shape index (κ1) is 20.4. The highest BCUT2D eigenvalue weighted by molar-refractivity contribution is 9.10. The number of benzene rings is 1. The molecule has 0 saturated heterocycles. The van der Waals surface area contributed by atoms with Gasteiger partial charge >= 0.3 is 12.1 Å². The number of amides is 1. The second kappa shape index (κ2) is 7.73. The Balaban J connectivity index is 2.47. The summed E-state index contributed by atoms with van der Waals surface area (Å²) in [6.07, 6.45) is -0.689. The Morgan fingerprint density at radius 3 is 2.38 bits per heavy atom. The summed E-state index contributed by atoms with van der Waals surface area (Å²) in [5.74, 6) is -0.189. The maximum Gasteiger partial charge on any atom is 0.411 e. The zero-order valence-electron chi connectivity index (χ0n) is 15.5. The average molecular weight is 430 g/mol. The molecule has 1 unspecified atom stereocenters. The minimum absolute atomic E-state index is 0.376. The molecule has 0 radical (unpaired) electrons. The first-order valence-electron chi connectivity index (χ1n) is 8.34. The molecule has 1 heterocycles. The smallest absolute Gasteiger partial charge is 0.411 e. The molecule has 144 valence electrons. The Hall–Kier alpha value is -1.96. The number of nitrogens with zero attached hydrogens (tertiary/aromatic N) is 1. The molecular formula is C18H24BrNO6. The van der Waals surface area contributed by atoms with Gasteiger partial charge in [-0.1, -0.05) is 0 Å². The number of hydrogen-bond acceptors (Lipinski definition) is 5. The highest BCUT2D eigenvalue weighted by Crippen LogP contribution is 2.41. The third-order valence-electron chi connectivity index (χ3n) is 3.61. The molecule has 1 atom stereocenters. The van der Waals surface area contributed by atoms with Crippen molar-refractivity contribution in [2.45, 2.75) is 52.3 Å². The maximum atomic E-state index is 12.7. The van der Waals surface area contributed by atoms with E-state index >= 15 is 0 Å². The third-order valence-corrected chi connectivity index (χ3v) is 4.20. The van der Waals surface area contributed by atoms with Crippen LogP contribution in [-0.4, -0.2) is 46.9 Å². The van der Waals surface area contributed by atoms with Gasteiger partial charge in [0.25, 0.3) is 0 Å². The van der Waals surface area contributed by atoms with E-state index in [2.05, 4.69) is 15.9 Å². The molecule has 8 heteroatoms. The largest absolute Gasteiger partial charge is 0.486 e. The van der Waals surface area contributed by atoms with Gasteiger partial charge in [0, 0.05) is 6.04 Å². The SMILES string of the molecule is CC(C)N(C(=O)OC(C)(C)C)C(C(=O)O)c1cc(Br)c2c(c1)OCCO2. The second-order valence-electron chi connectivity index (χ2n) is 7.25. The number of aliphatic carboxylic acids is 1. The van der Waals surface area contributed by atoms with E-state index in [0.717, 1.165) is 0 Å². The van der Waals surface area contributed by atoms with Gasteiger partial charge in [-0.2, -0.15) is 0 Å². The number of halogens is 1. The van der Waals surface area contributed by atoms with Crippen molar-refractivity contribution in [1.82, 2.24) is 4.90 Å². The number of carbonyl (C=O) groups is 2. The fourth-order valence-corrected chi connectivity index (χ4v) is 3.21. The number of carboxylic acids is 1. The topological polar surface area (TPSA) is 85.3 Å². The average Bonchev–Trinajstić information content (AvgIpc) is 2.49. The second-order valence-corrected chi connectivity index (χ2v) is 8.10. The Bertz CT molecular complexity index is 698. The van der Waals surface area contributed by atoms with Crippen LogP contribution in [0.1, 0.15) is 46.2 Å². The van der Waals surface area contributed by atoms with Gasteiger partial charge in [0.1, 0.15) is 18.8 Å². The minimum Gasteiger partial charge on any atom is -0.486 e. The molecule has 26 heavy (non-hydrogen) atoms. The predicted molar refractivity (Wildman–Crippen MR) is 98.7 cm³/mol. The molecule has 0 aliphatic carbocycles. The normalized spacial score (nSPS) is 14.7. The van der Waals surface area contributed by atoms with Crippen molar-refractivity contribution in [2.24, 2.45) is 0 Å². The van der Waals surface area contributed by atoms with Crippen molar-refractivity contribution in [3.05, 3.63) is 22.2 Å². The molecule has 7 nitrogen and oxygen atoms in total. The number of carboxylic acid groups (broad SMARTS) is 1. The Morgan fingerprint density at radius 1 is 1.23 bits per heavy atom. The summed E-state index contributed by atoms with van der Waals surface area (Å²) in [4.78, 5) is 25.9. The zero-order valence-corrected chi connectivity index (χ0v) is 17.1. The van der Waals surface area contributed by atoms with Crippen LogP contribution in [0, 0.1) is 0 Å². The molecule has 1 aliphatic rings. The van der Waals surface area contributed by atoms with E-state index in [0.29, 0.717) is 34.7 Å². The number of hydrogen-bond donors (Lipinski definition) is 1. The summed E-state index contributed by atoms with van der Waals surface area (Å²) in [7, 11) is 0. The van der Waals surface area contributed by atoms with Gasteiger partial charge in [0.2, 0.25) is 0 Å². The van der Waals surface area contributed by atoms with E-state index in [1.807, 2.05) is 0 Å². The molecule has 1 amide bonds. The van der Waals surface area contributed by atoms with Gasteiger partial charge in [0.15, 0.2) is 17.5 Å². The van der Waals surface area contributed by atoms with E-state index in [4.69, 9.17) is 14.2 Å². The molecule has 1 N–H and O–H groups in total. The Morgan fingerprint density at radius 2 is 1.85 bits per heavy atom. The lowest BCUT2D eigenvalue weighted by atomic mass is 10.0. The van der Waals surface area contributed by atoms with E-state index in [9.17, 15) is 14.7 Å². The quantitative estimate of drug-likeness (QED) is 0.778. The fourth-order valence-electron chi connectivity index (χ4n) is 2.64. The molecule has 1 aromatic rings. The summed E-state index contributed by atoms with van der Waals surface area (Å²) in [5, 5.41) is 9.85. The molecule has 0 aromatic heterocycles. The summed E-state index contributed by atoms with van der Waals surface area (Å²) in [5.41, 5.74) is -0.339. The van der Waals surface area contributed by atoms with Crippen molar-refractivity contribution in [1.29, 1.82) is 0 Å². The summed E-state index contributed by atoms with van der Waals surface area (Å²) in [6, 6.07) is 1.61. The van der Waals surface area contributed by atoms with Crippen molar-refractivity contribution in [2.75, 3.05) is 13.2 Å². The van der Waals surface area contributed by atoms with E-state index in [-0.39, 0.29) is 0 Å². The number of carbonyl (C=O) groups excluding carboxylic acids is 1. The molecule has 0 fully saturated rings. The molecule has 0 saturated carbocycles. The van der Waals surface area contributed by atoms with E-state index in [1.165, 1.54) is 4.90 Å². The van der Waals surface area contributed by atoms with Gasteiger partial charge in [-0.3, -0.25) is 4.90 Å². The van der Waals surface area contributed by atoms with Crippen LogP contribution < -0.4 is 9.47 Å². The number of ether oxygens (including phenoxy) is 3. The van der Waals surface area contributed by atoms with Crippen LogP contribution in [-0.2, 0) is 9.53 Å². The first-order valence-corrected chi connectivity index (χ1v) is 9.13. The molecule has 2 rings (SSSR count). The minimum atomic E-state index is -1.23. The van der Waals surface area contributed by atoms with Gasteiger partial charge in [-0.05, 0) is 68.2 Å². The summed E-state index contributed by atoms with van der Waals surface area (Å²) >= 11 is 3.39. The lowest BCUT2D eigenvalue weighted by molar-refractivity contribution is -0.144. The first-order chi connectivity index (χ1) is 12.0. The van der Waals surface area contributed by atoms with Crippen LogP contribution in [0.25, 0.3) is 0 Å². The standard InChI is InChI=1S/C18H24BrNO6/c1-10(2)20(17(23)26-18(3,4)5)14(16(21)22)11-8-12(19)15-13(9-11)24-6-7-25-15/h8-10,14H,6-7H2,1-5H3,(H,21,22). The van der Waals surface area contributed by atoms with E-state index < -0.39 is 29.7 Å². The van der Waals surface area contributed by atoms with Crippen molar-refractivity contribution >= 4 is 28.0 Å². The van der Waals surface area contributed by atoms with Crippen LogP contribution in [0.15, 0.2) is 16.6 Å². The number of rotatable bonds is 4. The van der Waals surface area contributed by atoms with E-state index in [1.54, 1.807) is 46.8 Å². The molecule has 0 spiro atoms. The molecule has 0 bridgehead atoms. The van der Waals surface area contributed by atoms with Crippen LogP contribution in [0.3, 0.4) is 0 Å². The summed E-state index contributed by atoms with van der Waals surface area (Å²) < 4.78 is 17.1. The van der Waals surface area contributed by atoms with Crippen LogP contribution in [0.2, 0.25) is 0 Å². The predicted octanol–water partition coefficient (Wildman–Crippen LogP) is 3.99. The molecule has 1 aliphatic heterocycles. The molecule has 1 aromatic carbocycles. The van der Waals surface area contributed by atoms with Crippen LogP contribution >= 0.6 is 15.9 Å². The zero-order chi connectivity index (χ0) is 19.6. The lowest BCUT2D eigenvalue weighted by Gasteiger charge is -2.34. The van der Waals surface area contributed by atoms with Crippen molar-refractivity contribution in [3.8, 4) is 11.5 Å². The number of fused-ring (bicyclic) bond motifs is 1. The lowest BCUT2D eigenvalue weighted by Crippen LogP contribution is -2.45. The van der Waals surface area contributed by atoms with Gasteiger partial charge in [0.05, 0.1) is 4.47 Å².